The summed E-state index contributed by atoms with van der Waals surface area (Å²) in [7, 11) is 2.15. The summed E-state index contributed by atoms with van der Waals surface area (Å²) < 4.78 is 0. The van der Waals surface area contributed by atoms with Gasteiger partial charge in [-0.15, -0.1) is 0 Å². The molecule has 3 nitrogen and oxygen atoms in total. The quantitative estimate of drug-likeness (QED) is 0.604. The fourth-order valence-electron chi connectivity index (χ4n) is 2.85. The fraction of sp³-hybridized carbons (Fsp3) is 0.929. The average Bonchev–Trinajstić information content (AvgIpc) is 3.00. The molecular formula is C14H27N3. The molecular weight excluding hydrogens is 210 g/mol. The third-order valence-electron chi connectivity index (χ3n) is 4.15. The van der Waals surface area contributed by atoms with Gasteiger partial charge in [-0.25, -0.2) is 4.99 Å². The molecule has 1 N–H and O–H groups in total. The van der Waals surface area contributed by atoms with Gasteiger partial charge in [0, 0.05) is 19.6 Å². The van der Waals surface area contributed by atoms with E-state index in [1.165, 1.54) is 51.4 Å². The van der Waals surface area contributed by atoms with Crippen LogP contribution < -0.4 is 5.32 Å². The van der Waals surface area contributed by atoms with Crippen LogP contribution in [0, 0.1) is 0 Å². The highest BCUT2D eigenvalue weighted by Gasteiger charge is 2.20. The minimum absolute atomic E-state index is 0.577. The Morgan fingerprint density at radius 3 is 2.29 bits per heavy atom. The normalized spacial score (nSPS) is 23.3. The molecule has 3 heteroatoms. The van der Waals surface area contributed by atoms with E-state index in [1.54, 1.807) is 0 Å². The molecule has 17 heavy (non-hydrogen) atoms. The highest BCUT2D eigenvalue weighted by molar-refractivity contribution is 5.80. The molecule has 0 aliphatic heterocycles. The Hall–Kier alpha value is -0.730. The van der Waals surface area contributed by atoms with Gasteiger partial charge in [0.2, 0.25) is 0 Å². The SMILES string of the molecule is CCN(C)C(=NC1CCCC1)NC1CCCC1. The summed E-state index contributed by atoms with van der Waals surface area (Å²) in [5.74, 6) is 1.14. The van der Waals surface area contributed by atoms with Crippen LogP contribution in [0.15, 0.2) is 4.99 Å². The van der Waals surface area contributed by atoms with Crippen LogP contribution in [0.3, 0.4) is 0 Å². The minimum Gasteiger partial charge on any atom is -0.354 e. The maximum absolute atomic E-state index is 4.94. The van der Waals surface area contributed by atoms with Gasteiger partial charge in [0.15, 0.2) is 5.96 Å². The largest absolute Gasteiger partial charge is 0.354 e. The summed E-state index contributed by atoms with van der Waals surface area (Å²) in [6.07, 6.45) is 10.7. The van der Waals surface area contributed by atoms with Crippen LogP contribution in [0.25, 0.3) is 0 Å². The lowest BCUT2D eigenvalue weighted by Gasteiger charge is -2.25. The number of nitrogens with one attached hydrogen (secondary N) is 1. The summed E-state index contributed by atoms with van der Waals surface area (Å²) >= 11 is 0. The third kappa shape index (κ3) is 3.62. The van der Waals surface area contributed by atoms with E-state index < -0.39 is 0 Å². The van der Waals surface area contributed by atoms with Crippen LogP contribution >= 0.6 is 0 Å². The van der Waals surface area contributed by atoms with Crippen molar-refractivity contribution >= 4 is 5.96 Å². The van der Waals surface area contributed by atoms with Gasteiger partial charge in [-0.1, -0.05) is 25.7 Å². The van der Waals surface area contributed by atoms with Gasteiger partial charge in [-0.3, -0.25) is 0 Å². The lowest BCUT2D eigenvalue weighted by atomic mass is 10.2. The second-order valence-electron chi connectivity index (χ2n) is 5.53. The van der Waals surface area contributed by atoms with E-state index in [-0.39, 0.29) is 0 Å². The molecule has 0 saturated heterocycles. The summed E-state index contributed by atoms with van der Waals surface area (Å²) in [5, 5.41) is 3.67. The predicted octanol–water partition coefficient (Wildman–Crippen LogP) is 2.77. The van der Waals surface area contributed by atoms with Crippen molar-refractivity contribution in [3.63, 3.8) is 0 Å². The molecule has 0 heterocycles. The molecule has 2 rings (SSSR count). The first kappa shape index (κ1) is 12.7. The first-order valence-electron chi connectivity index (χ1n) is 7.35. The van der Waals surface area contributed by atoms with E-state index >= 15 is 0 Å². The highest BCUT2D eigenvalue weighted by Crippen LogP contribution is 2.22. The number of hydrogen-bond donors (Lipinski definition) is 1. The Bertz CT molecular complexity index is 250. The molecule has 0 amide bonds. The van der Waals surface area contributed by atoms with Crippen LogP contribution in [-0.2, 0) is 0 Å². The summed E-state index contributed by atoms with van der Waals surface area (Å²) in [6.45, 7) is 3.23. The summed E-state index contributed by atoms with van der Waals surface area (Å²) in [5.41, 5.74) is 0. The standard InChI is InChI=1S/C14H27N3/c1-3-17(2)14(15-12-8-4-5-9-12)16-13-10-6-7-11-13/h12-13H,3-11H2,1-2H3,(H,15,16). The van der Waals surface area contributed by atoms with E-state index in [4.69, 9.17) is 4.99 Å². The monoisotopic (exact) mass is 237 g/mol. The third-order valence-corrected chi connectivity index (χ3v) is 4.15. The van der Waals surface area contributed by atoms with Gasteiger partial charge in [0.05, 0.1) is 6.04 Å². The molecule has 0 aromatic heterocycles. The summed E-state index contributed by atoms with van der Waals surface area (Å²) in [4.78, 5) is 7.20. The van der Waals surface area contributed by atoms with Crippen molar-refractivity contribution in [1.82, 2.24) is 10.2 Å². The molecule has 0 spiro atoms. The Balaban J connectivity index is 1.95. The zero-order chi connectivity index (χ0) is 12.1. The van der Waals surface area contributed by atoms with E-state index in [9.17, 15) is 0 Å². The van der Waals surface area contributed by atoms with Crippen LogP contribution in [0.2, 0.25) is 0 Å². The van der Waals surface area contributed by atoms with Crippen molar-refractivity contribution in [3.05, 3.63) is 0 Å². The van der Waals surface area contributed by atoms with E-state index in [1.807, 2.05) is 0 Å². The molecule has 0 radical (unpaired) electrons. The van der Waals surface area contributed by atoms with E-state index in [0.29, 0.717) is 12.1 Å². The second kappa shape index (κ2) is 6.27. The summed E-state index contributed by atoms with van der Waals surface area (Å²) in [6, 6.07) is 1.25. The number of rotatable bonds is 3. The van der Waals surface area contributed by atoms with Gasteiger partial charge in [-0.05, 0) is 32.6 Å². The minimum atomic E-state index is 0.577. The number of aliphatic imine (C=N–C) groups is 1. The fourth-order valence-corrected chi connectivity index (χ4v) is 2.85. The Morgan fingerprint density at radius 1 is 1.12 bits per heavy atom. The lowest BCUT2D eigenvalue weighted by molar-refractivity contribution is 0.476. The molecule has 0 atom stereocenters. The Labute approximate surface area is 106 Å². The van der Waals surface area contributed by atoms with Crippen LogP contribution in [0.5, 0.6) is 0 Å². The maximum atomic E-state index is 4.94. The molecule has 2 aliphatic rings. The molecule has 2 saturated carbocycles. The van der Waals surface area contributed by atoms with Gasteiger partial charge in [-0.2, -0.15) is 0 Å². The average molecular weight is 237 g/mol. The number of guanidine groups is 1. The molecule has 2 fully saturated rings. The van der Waals surface area contributed by atoms with Crippen molar-refractivity contribution in [2.45, 2.75) is 70.4 Å². The smallest absolute Gasteiger partial charge is 0.194 e. The van der Waals surface area contributed by atoms with Crippen molar-refractivity contribution in [3.8, 4) is 0 Å². The first-order chi connectivity index (χ1) is 8.29. The van der Waals surface area contributed by atoms with Gasteiger partial charge in [0.25, 0.3) is 0 Å². The molecule has 98 valence electrons. The zero-order valence-electron chi connectivity index (χ0n) is 11.4. The molecule has 0 aromatic rings. The molecule has 0 bridgehead atoms. The number of hydrogen-bond acceptors (Lipinski definition) is 1. The molecule has 2 aliphatic carbocycles. The molecule has 0 aromatic carbocycles. The maximum Gasteiger partial charge on any atom is 0.194 e. The first-order valence-corrected chi connectivity index (χ1v) is 7.35. The van der Waals surface area contributed by atoms with E-state index in [2.05, 4.69) is 24.2 Å². The van der Waals surface area contributed by atoms with Crippen molar-refractivity contribution in [2.75, 3.05) is 13.6 Å². The van der Waals surface area contributed by atoms with Crippen molar-refractivity contribution < 1.29 is 0 Å². The van der Waals surface area contributed by atoms with Gasteiger partial charge >= 0.3 is 0 Å². The molecule has 0 unspecified atom stereocenters. The zero-order valence-corrected chi connectivity index (χ0v) is 11.4. The number of nitrogens with zero attached hydrogens (tertiary/aromatic N) is 2. The Kier molecular flexibility index (Phi) is 4.69. The van der Waals surface area contributed by atoms with Crippen LogP contribution in [0.1, 0.15) is 58.3 Å². The van der Waals surface area contributed by atoms with E-state index in [0.717, 1.165) is 12.5 Å². The topological polar surface area (TPSA) is 27.6 Å². The highest BCUT2D eigenvalue weighted by atomic mass is 15.3. The van der Waals surface area contributed by atoms with Crippen LogP contribution in [-0.4, -0.2) is 36.5 Å². The predicted molar refractivity (Wildman–Crippen MR) is 73.4 cm³/mol. The van der Waals surface area contributed by atoms with Crippen LogP contribution in [0.4, 0.5) is 0 Å². The van der Waals surface area contributed by atoms with Gasteiger partial charge < -0.3 is 10.2 Å². The second-order valence-corrected chi connectivity index (χ2v) is 5.53. The van der Waals surface area contributed by atoms with Crippen molar-refractivity contribution in [1.29, 1.82) is 0 Å². The van der Waals surface area contributed by atoms with Crippen molar-refractivity contribution in [2.24, 2.45) is 4.99 Å². The Morgan fingerprint density at radius 2 is 1.71 bits per heavy atom. The lowest BCUT2D eigenvalue weighted by Crippen LogP contribution is -2.44. The van der Waals surface area contributed by atoms with Gasteiger partial charge in [0.1, 0.15) is 0 Å².